The molecule has 1 heterocycles. The first-order valence-corrected chi connectivity index (χ1v) is 8.39. The Kier molecular flexibility index (Phi) is 4.26. The van der Waals surface area contributed by atoms with Crippen LogP contribution in [0.3, 0.4) is 0 Å². The summed E-state index contributed by atoms with van der Waals surface area (Å²) in [5.74, 6) is 0.0512. The van der Waals surface area contributed by atoms with Crippen LogP contribution in [0.25, 0.3) is 0 Å². The van der Waals surface area contributed by atoms with Gasteiger partial charge < -0.3 is 5.32 Å². The van der Waals surface area contributed by atoms with Crippen molar-refractivity contribution < 1.29 is 4.79 Å². The number of ketones is 1. The van der Waals surface area contributed by atoms with Crippen molar-refractivity contribution in [3.63, 3.8) is 0 Å². The number of thiophene rings is 1. The molecule has 0 radical (unpaired) electrons. The molecule has 0 amide bonds. The SMILES string of the molecule is Cc1ccc(C(=O)CNc2sc3c(c2C#N)CCCC3)cc1. The predicted octanol–water partition coefficient (Wildman–Crippen LogP) is 4.10. The van der Waals surface area contributed by atoms with Crippen molar-refractivity contribution in [2.45, 2.75) is 32.6 Å². The number of nitrogens with zero attached hydrogens (tertiary/aromatic N) is 1. The Morgan fingerprint density at radius 2 is 2.00 bits per heavy atom. The van der Waals surface area contributed by atoms with Gasteiger partial charge in [0.2, 0.25) is 0 Å². The number of fused-ring (bicyclic) bond motifs is 1. The Labute approximate surface area is 134 Å². The highest BCUT2D eigenvalue weighted by Gasteiger charge is 2.20. The van der Waals surface area contributed by atoms with Crippen LogP contribution in [0.4, 0.5) is 5.00 Å². The van der Waals surface area contributed by atoms with E-state index < -0.39 is 0 Å². The fourth-order valence-corrected chi connectivity index (χ4v) is 4.05. The van der Waals surface area contributed by atoms with Gasteiger partial charge in [-0.3, -0.25) is 4.79 Å². The smallest absolute Gasteiger partial charge is 0.181 e. The van der Waals surface area contributed by atoms with Crippen molar-refractivity contribution in [2.24, 2.45) is 0 Å². The average Bonchev–Trinajstić information content (AvgIpc) is 2.90. The molecule has 0 bridgehead atoms. The van der Waals surface area contributed by atoms with Crippen LogP contribution in [-0.2, 0) is 12.8 Å². The van der Waals surface area contributed by atoms with E-state index >= 15 is 0 Å². The van der Waals surface area contributed by atoms with Gasteiger partial charge in [0.25, 0.3) is 0 Å². The first-order chi connectivity index (χ1) is 10.7. The number of nitrogens with one attached hydrogen (secondary N) is 1. The second kappa shape index (κ2) is 6.33. The topological polar surface area (TPSA) is 52.9 Å². The summed E-state index contributed by atoms with van der Waals surface area (Å²) in [5, 5.41) is 13.4. The summed E-state index contributed by atoms with van der Waals surface area (Å²) in [5.41, 5.74) is 3.79. The summed E-state index contributed by atoms with van der Waals surface area (Å²) < 4.78 is 0. The lowest BCUT2D eigenvalue weighted by molar-refractivity contribution is 0.101. The highest BCUT2D eigenvalue weighted by atomic mass is 32.1. The fourth-order valence-electron chi connectivity index (χ4n) is 2.81. The number of aryl methyl sites for hydroxylation is 2. The summed E-state index contributed by atoms with van der Waals surface area (Å²) in [6, 6.07) is 9.90. The Morgan fingerprint density at radius 3 is 2.73 bits per heavy atom. The molecule has 0 saturated heterocycles. The maximum absolute atomic E-state index is 12.2. The van der Waals surface area contributed by atoms with Crippen molar-refractivity contribution in [2.75, 3.05) is 11.9 Å². The van der Waals surface area contributed by atoms with Crippen molar-refractivity contribution in [3.8, 4) is 6.07 Å². The van der Waals surface area contributed by atoms with Crippen molar-refractivity contribution in [3.05, 3.63) is 51.4 Å². The van der Waals surface area contributed by atoms with Crippen molar-refractivity contribution in [1.82, 2.24) is 0 Å². The van der Waals surface area contributed by atoms with Gasteiger partial charge in [0, 0.05) is 10.4 Å². The van der Waals surface area contributed by atoms with Crippen LogP contribution in [0, 0.1) is 18.3 Å². The van der Waals surface area contributed by atoms with Crippen LogP contribution in [0.1, 0.15) is 44.8 Å². The number of carbonyl (C=O) groups is 1. The maximum Gasteiger partial charge on any atom is 0.181 e. The minimum Gasteiger partial charge on any atom is -0.368 e. The third-order valence-corrected chi connectivity index (χ3v) is 5.32. The third kappa shape index (κ3) is 2.90. The number of rotatable bonds is 4. The van der Waals surface area contributed by atoms with Crippen molar-refractivity contribution in [1.29, 1.82) is 5.26 Å². The third-order valence-electron chi connectivity index (χ3n) is 4.07. The number of hydrogen-bond acceptors (Lipinski definition) is 4. The second-order valence-electron chi connectivity index (χ2n) is 5.67. The van der Waals surface area contributed by atoms with Gasteiger partial charge in [0.15, 0.2) is 5.78 Å². The molecule has 0 atom stereocenters. The van der Waals surface area contributed by atoms with Gasteiger partial charge in [-0.1, -0.05) is 29.8 Å². The van der Waals surface area contributed by atoms with E-state index in [1.807, 2.05) is 31.2 Å². The zero-order valence-electron chi connectivity index (χ0n) is 12.6. The Balaban J connectivity index is 1.74. The number of nitriles is 1. The van der Waals surface area contributed by atoms with Gasteiger partial charge in [-0.05, 0) is 38.2 Å². The van der Waals surface area contributed by atoms with Gasteiger partial charge >= 0.3 is 0 Å². The molecule has 1 N–H and O–H groups in total. The van der Waals surface area contributed by atoms with Crippen LogP contribution in [0.15, 0.2) is 24.3 Å². The maximum atomic E-state index is 12.2. The Bertz CT molecular complexity index is 738. The van der Waals surface area contributed by atoms with Gasteiger partial charge in [-0.2, -0.15) is 5.26 Å². The predicted molar refractivity (Wildman–Crippen MR) is 89.7 cm³/mol. The Hall–Kier alpha value is -2.12. The highest BCUT2D eigenvalue weighted by Crippen LogP contribution is 2.37. The first-order valence-electron chi connectivity index (χ1n) is 7.57. The molecule has 1 aromatic carbocycles. The van der Waals surface area contributed by atoms with E-state index in [-0.39, 0.29) is 12.3 Å². The molecule has 0 saturated carbocycles. The molecule has 0 spiro atoms. The number of carbonyl (C=O) groups excluding carboxylic acids is 1. The molecule has 0 unspecified atom stereocenters. The molecule has 2 aromatic rings. The monoisotopic (exact) mass is 310 g/mol. The van der Waals surface area contributed by atoms with Gasteiger partial charge in [-0.15, -0.1) is 11.3 Å². The Morgan fingerprint density at radius 1 is 1.27 bits per heavy atom. The van der Waals surface area contributed by atoms with Crippen LogP contribution in [0.2, 0.25) is 0 Å². The van der Waals surface area contributed by atoms with E-state index in [1.165, 1.54) is 16.9 Å². The average molecular weight is 310 g/mol. The van der Waals surface area contributed by atoms with Gasteiger partial charge in [0.05, 0.1) is 12.1 Å². The van der Waals surface area contributed by atoms with Crippen LogP contribution < -0.4 is 5.32 Å². The van der Waals surface area contributed by atoms with Crippen molar-refractivity contribution >= 4 is 22.1 Å². The number of anilines is 1. The largest absolute Gasteiger partial charge is 0.368 e. The molecule has 0 aliphatic heterocycles. The summed E-state index contributed by atoms with van der Waals surface area (Å²) >= 11 is 1.64. The quantitative estimate of drug-likeness (QED) is 0.865. The van der Waals surface area contributed by atoms with E-state index in [4.69, 9.17) is 0 Å². The molecule has 0 fully saturated rings. The van der Waals surface area contributed by atoms with E-state index in [1.54, 1.807) is 11.3 Å². The lowest BCUT2D eigenvalue weighted by Gasteiger charge is -2.09. The summed E-state index contributed by atoms with van der Waals surface area (Å²) in [7, 11) is 0. The lowest BCUT2D eigenvalue weighted by Crippen LogP contribution is -2.13. The highest BCUT2D eigenvalue weighted by molar-refractivity contribution is 7.16. The molecule has 1 aliphatic rings. The number of hydrogen-bond donors (Lipinski definition) is 1. The van der Waals surface area contributed by atoms with Crippen LogP contribution in [0.5, 0.6) is 0 Å². The molecule has 112 valence electrons. The summed E-state index contributed by atoms with van der Waals surface area (Å²) in [6.07, 6.45) is 4.39. The molecule has 4 heteroatoms. The van der Waals surface area contributed by atoms with E-state index in [9.17, 15) is 10.1 Å². The van der Waals surface area contributed by atoms with Gasteiger partial charge in [-0.25, -0.2) is 0 Å². The summed E-state index contributed by atoms with van der Waals surface area (Å²) in [4.78, 5) is 13.5. The van der Waals surface area contributed by atoms with E-state index in [0.29, 0.717) is 5.56 Å². The standard InChI is InChI=1S/C18H18N2OS/c1-12-6-8-13(9-7-12)16(21)11-20-18-15(10-19)14-4-2-3-5-17(14)22-18/h6-9,20H,2-5,11H2,1H3. The van der Waals surface area contributed by atoms with Crippen LogP contribution >= 0.6 is 11.3 Å². The first kappa shape index (κ1) is 14.8. The number of Topliss-reactive ketones (excluding diaryl/α,β-unsaturated/α-hetero) is 1. The van der Waals surface area contributed by atoms with Gasteiger partial charge in [0.1, 0.15) is 11.1 Å². The zero-order valence-corrected chi connectivity index (χ0v) is 13.4. The summed E-state index contributed by atoms with van der Waals surface area (Å²) in [6.45, 7) is 2.24. The second-order valence-corrected chi connectivity index (χ2v) is 6.77. The normalized spacial score (nSPS) is 13.3. The number of benzene rings is 1. The molecular weight excluding hydrogens is 292 g/mol. The molecule has 1 aliphatic carbocycles. The van der Waals surface area contributed by atoms with Crippen LogP contribution in [-0.4, -0.2) is 12.3 Å². The zero-order chi connectivity index (χ0) is 15.5. The van der Waals surface area contributed by atoms with E-state index in [0.717, 1.165) is 35.4 Å². The molecular formula is C18H18N2OS. The van der Waals surface area contributed by atoms with E-state index in [2.05, 4.69) is 11.4 Å². The molecule has 3 nitrogen and oxygen atoms in total. The molecule has 1 aromatic heterocycles. The molecule has 3 rings (SSSR count). The fraction of sp³-hybridized carbons (Fsp3) is 0.333. The lowest BCUT2D eigenvalue weighted by atomic mass is 9.96. The minimum absolute atomic E-state index is 0.0512. The molecule has 22 heavy (non-hydrogen) atoms. The minimum atomic E-state index is 0.0512.